The van der Waals surface area contributed by atoms with Gasteiger partial charge in [-0.05, 0) is 37.3 Å². The number of methoxy groups -OCH3 is 1. The Balaban J connectivity index is 2.01. The van der Waals surface area contributed by atoms with Crippen LogP contribution < -0.4 is 4.74 Å². The Kier molecular flexibility index (Phi) is 6.25. The van der Waals surface area contributed by atoms with Gasteiger partial charge in [-0.2, -0.15) is 23.0 Å². The van der Waals surface area contributed by atoms with Crippen molar-refractivity contribution in [3.63, 3.8) is 0 Å². The van der Waals surface area contributed by atoms with Crippen LogP contribution >= 0.6 is 0 Å². The number of aromatic nitrogens is 4. The summed E-state index contributed by atoms with van der Waals surface area (Å²) < 4.78 is 46.2. The standard InChI is InChI=1S/C21H18F3N5O2/c1-4-9-28(14(2)19-26-13-27-29(19)18-7-5-6-8-25-18)20(30)15-10-16(21(22,23)24)12-17(11-15)31-3/h1,5-8,10-14H,9H2,2-3H3. The van der Waals surface area contributed by atoms with Crippen LogP contribution in [0, 0.1) is 12.3 Å². The molecule has 0 aliphatic carbocycles. The quantitative estimate of drug-likeness (QED) is 0.561. The van der Waals surface area contributed by atoms with Gasteiger partial charge in [0.2, 0.25) is 0 Å². The Labute approximate surface area is 176 Å². The van der Waals surface area contributed by atoms with Gasteiger partial charge in [0.15, 0.2) is 11.6 Å². The first-order valence-electron chi connectivity index (χ1n) is 9.08. The first kappa shape index (κ1) is 21.8. The molecular formula is C21H18F3N5O2. The fourth-order valence-electron chi connectivity index (χ4n) is 2.98. The predicted octanol–water partition coefficient (Wildman–Crippen LogP) is 3.53. The highest BCUT2D eigenvalue weighted by atomic mass is 19.4. The van der Waals surface area contributed by atoms with Crippen molar-refractivity contribution in [2.45, 2.75) is 19.1 Å². The summed E-state index contributed by atoms with van der Waals surface area (Å²) in [5.41, 5.74) is -1.21. The van der Waals surface area contributed by atoms with Crippen LogP contribution in [0.25, 0.3) is 5.82 Å². The molecule has 0 aliphatic rings. The summed E-state index contributed by atoms with van der Waals surface area (Å²) in [4.78, 5) is 22.9. The molecule has 10 heteroatoms. The first-order valence-corrected chi connectivity index (χ1v) is 9.08. The van der Waals surface area contributed by atoms with Crippen molar-refractivity contribution in [2.75, 3.05) is 13.7 Å². The van der Waals surface area contributed by atoms with Gasteiger partial charge < -0.3 is 9.64 Å². The molecule has 0 saturated carbocycles. The lowest BCUT2D eigenvalue weighted by molar-refractivity contribution is -0.137. The third-order valence-electron chi connectivity index (χ3n) is 4.52. The van der Waals surface area contributed by atoms with Crippen molar-refractivity contribution in [2.24, 2.45) is 0 Å². The topological polar surface area (TPSA) is 73.1 Å². The molecule has 1 unspecified atom stereocenters. The van der Waals surface area contributed by atoms with E-state index < -0.39 is 23.7 Å². The van der Waals surface area contributed by atoms with E-state index in [-0.39, 0.29) is 17.9 Å². The highest BCUT2D eigenvalue weighted by Crippen LogP contribution is 2.33. The van der Waals surface area contributed by atoms with Gasteiger partial charge in [-0.15, -0.1) is 6.42 Å². The van der Waals surface area contributed by atoms with Crippen molar-refractivity contribution in [1.29, 1.82) is 0 Å². The molecule has 0 bridgehead atoms. The number of terminal acetylenes is 1. The van der Waals surface area contributed by atoms with Crippen molar-refractivity contribution in [3.8, 4) is 23.9 Å². The summed E-state index contributed by atoms with van der Waals surface area (Å²) in [5.74, 6) is 2.39. The molecule has 2 heterocycles. The lowest BCUT2D eigenvalue weighted by atomic mass is 10.1. The summed E-state index contributed by atoms with van der Waals surface area (Å²) in [6.45, 7) is 1.50. The minimum atomic E-state index is -4.65. The number of amides is 1. The van der Waals surface area contributed by atoms with E-state index in [9.17, 15) is 18.0 Å². The van der Waals surface area contributed by atoms with Crippen LogP contribution in [0.1, 0.15) is 34.7 Å². The van der Waals surface area contributed by atoms with Crippen LogP contribution in [-0.2, 0) is 6.18 Å². The average Bonchev–Trinajstić information content (AvgIpc) is 3.26. The minimum absolute atomic E-state index is 0.0943. The van der Waals surface area contributed by atoms with E-state index in [1.54, 1.807) is 31.3 Å². The Morgan fingerprint density at radius 3 is 2.68 bits per heavy atom. The molecule has 1 atom stereocenters. The highest BCUT2D eigenvalue weighted by Gasteiger charge is 2.33. The minimum Gasteiger partial charge on any atom is -0.497 e. The second kappa shape index (κ2) is 8.87. The van der Waals surface area contributed by atoms with Crippen molar-refractivity contribution < 1.29 is 22.7 Å². The number of carbonyl (C=O) groups is 1. The van der Waals surface area contributed by atoms with E-state index in [0.29, 0.717) is 11.6 Å². The zero-order chi connectivity index (χ0) is 22.6. The molecule has 0 fully saturated rings. The van der Waals surface area contributed by atoms with E-state index in [4.69, 9.17) is 11.2 Å². The Morgan fingerprint density at radius 2 is 2.06 bits per heavy atom. The molecule has 1 aromatic carbocycles. The number of nitrogens with zero attached hydrogens (tertiary/aromatic N) is 5. The number of alkyl halides is 3. The van der Waals surface area contributed by atoms with E-state index in [1.165, 1.54) is 29.1 Å². The number of ether oxygens (including phenoxy) is 1. The number of rotatable bonds is 6. The van der Waals surface area contributed by atoms with E-state index >= 15 is 0 Å². The molecule has 3 rings (SSSR count). The monoisotopic (exact) mass is 429 g/mol. The SMILES string of the molecule is C#CCN(C(=O)c1cc(OC)cc(C(F)(F)F)c1)C(C)c1ncnn1-c1ccccn1. The maximum absolute atomic E-state index is 13.3. The second-order valence-electron chi connectivity index (χ2n) is 6.48. The average molecular weight is 429 g/mol. The van der Waals surface area contributed by atoms with Crippen molar-refractivity contribution >= 4 is 5.91 Å². The van der Waals surface area contributed by atoms with Crippen LogP contribution in [0.3, 0.4) is 0 Å². The van der Waals surface area contributed by atoms with Crippen LogP contribution in [0.15, 0.2) is 48.9 Å². The lowest BCUT2D eigenvalue weighted by Crippen LogP contribution is -2.35. The summed E-state index contributed by atoms with van der Waals surface area (Å²) >= 11 is 0. The zero-order valence-corrected chi connectivity index (χ0v) is 16.7. The van der Waals surface area contributed by atoms with Gasteiger partial charge in [0, 0.05) is 11.8 Å². The normalized spacial score (nSPS) is 12.1. The molecule has 0 N–H and O–H groups in total. The van der Waals surface area contributed by atoms with Gasteiger partial charge in [-0.3, -0.25) is 4.79 Å². The summed E-state index contributed by atoms with van der Waals surface area (Å²) in [6.07, 6.45) is 3.66. The summed E-state index contributed by atoms with van der Waals surface area (Å²) in [7, 11) is 1.22. The van der Waals surface area contributed by atoms with Gasteiger partial charge in [0.05, 0.1) is 25.3 Å². The predicted molar refractivity (Wildman–Crippen MR) is 105 cm³/mol. The van der Waals surface area contributed by atoms with Crippen molar-refractivity contribution in [1.82, 2.24) is 24.6 Å². The maximum atomic E-state index is 13.3. The van der Waals surface area contributed by atoms with Gasteiger partial charge in [-0.25, -0.2) is 9.97 Å². The van der Waals surface area contributed by atoms with Crippen LogP contribution in [-0.4, -0.2) is 44.2 Å². The zero-order valence-electron chi connectivity index (χ0n) is 16.7. The van der Waals surface area contributed by atoms with Crippen LogP contribution in [0.4, 0.5) is 13.2 Å². The summed E-state index contributed by atoms with van der Waals surface area (Å²) in [6, 6.07) is 7.31. The number of halogens is 3. The van der Waals surface area contributed by atoms with Gasteiger partial charge in [0.1, 0.15) is 12.1 Å². The third-order valence-corrected chi connectivity index (χ3v) is 4.52. The van der Waals surface area contributed by atoms with Crippen molar-refractivity contribution in [3.05, 3.63) is 65.9 Å². The number of carbonyl (C=O) groups excluding carboxylic acids is 1. The Morgan fingerprint density at radius 1 is 1.29 bits per heavy atom. The number of hydrogen-bond acceptors (Lipinski definition) is 5. The fraction of sp³-hybridized carbons (Fsp3) is 0.238. The molecule has 0 spiro atoms. The Bertz CT molecular complexity index is 1110. The first-order chi connectivity index (χ1) is 14.8. The third kappa shape index (κ3) is 4.66. The fourth-order valence-corrected chi connectivity index (χ4v) is 2.98. The smallest absolute Gasteiger partial charge is 0.416 e. The van der Waals surface area contributed by atoms with E-state index in [0.717, 1.165) is 12.1 Å². The molecular weight excluding hydrogens is 411 g/mol. The number of benzene rings is 1. The van der Waals surface area contributed by atoms with E-state index in [1.807, 2.05) is 0 Å². The molecule has 31 heavy (non-hydrogen) atoms. The molecule has 160 valence electrons. The molecule has 7 nitrogen and oxygen atoms in total. The Hall–Kier alpha value is -3.87. The molecule has 2 aromatic heterocycles. The van der Waals surface area contributed by atoms with Gasteiger partial charge in [-0.1, -0.05) is 12.0 Å². The molecule has 3 aromatic rings. The summed E-state index contributed by atoms with van der Waals surface area (Å²) in [5, 5.41) is 4.14. The number of pyridine rings is 1. The molecule has 1 amide bonds. The molecule has 0 radical (unpaired) electrons. The van der Waals surface area contributed by atoms with Gasteiger partial charge >= 0.3 is 6.18 Å². The maximum Gasteiger partial charge on any atom is 0.416 e. The lowest BCUT2D eigenvalue weighted by Gasteiger charge is -2.27. The van der Waals surface area contributed by atoms with Crippen LogP contribution in [0.2, 0.25) is 0 Å². The van der Waals surface area contributed by atoms with Crippen LogP contribution in [0.5, 0.6) is 5.75 Å². The van der Waals surface area contributed by atoms with E-state index in [2.05, 4.69) is 21.0 Å². The molecule has 0 aliphatic heterocycles. The largest absolute Gasteiger partial charge is 0.497 e. The van der Waals surface area contributed by atoms with Gasteiger partial charge in [0.25, 0.3) is 5.91 Å². The molecule has 0 saturated heterocycles. The second-order valence-corrected chi connectivity index (χ2v) is 6.48. The number of hydrogen-bond donors (Lipinski definition) is 0. The highest BCUT2D eigenvalue weighted by molar-refractivity contribution is 5.95.